The van der Waals surface area contributed by atoms with Gasteiger partial charge in [-0.25, -0.2) is 0 Å². The maximum Gasteiger partial charge on any atom is 0.251 e. The van der Waals surface area contributed by atoms with Crippen LogP contribution in [-0.4, -0.2) is 42.9 Å². The molecular weight excluding hydrogens is 290 g/mol. The Bertz CT molecular complexity index is 578. The van der Waals surface area contributed by atoms with Gasteiger partial charge in [-0.2, -0.15) is 0 Å². The third-order valence-electron chi connectivity index (χ3n) is 4.72. The van der Waals surface area contributed by atoms with E-state index < -0.39 is 0 Å². The Morgan fingerprint density at radius 2 is 1.91 bits per heavy atom. The van der Waals surface area contributed by atoms with E-state index in [1.165, 1.54) is 0 Å². The fraction of sp³-hybridized carbons (Fsp3) is 0.556. The smallest absolute Gasteiger partial charge is 0.251 e. The minimum absolute atomic E-state index is 0.00958. The first kappa shape index (κ1) is 17.5. The number of hydrogen-bond acceptors (Lipinski definition) is 3. The van der Waals surface area contributed by atoms with Gasteiger partial charge < -0.3 is 10.6 Å². The van der Waals surface area contributed by atoms with Gasteiger partial charge in [-0.1, -0.05) is 6.92 Å². The van der Waals surface area contributed by atoms with Crippen LogP contribution in [0.1, 0.15) is 42.6 Å². The molecule has 2 rings (SSSR count). The number of nitrogens with one attached hydrogen (secondary N) is 2. The highest BCUT2D eigenvalue weighted by Crippen LogP contribution is 2.20. The van der Waals surface area contributed by atoms with Crippen molar-refractivity contribution in [2.24, 2.45) is 5.92 Å². The molecule has 0 radical (unpaired) electrons. The summed E-state index contributed by atoms with van der Waals surface area (Å²) in [6, 6.07) is 5.18. The van der Waals surface area contributed by atoms with Crippen molar-refractivity contribution in [3.05, 3.63) is 29.3 Å². The maximum atomic E-state index is 12.5. The molecule has 1 saturated heterocycles. The molecular formula is C18H27N3O2. The summed E-state index contributed by atoms with van der Waals surface area (Å²) in [6.45, 7) is 8.07. The van der Waals surface area contributed by atoms with Crippen molar-refractivity contribution in [1.82, 2.24) is 10.2 Å². The van der Waals surface area contributed by atoms with Crippen LogP contribution in [0.2, 0.25) is 0 Å². The highest BCUT2D eigenvalue weighted by molar-refractivity contribution is 5.97. The van der Waals surface area contributed by atoms with Crippen LogP contribution < -0.4 is 10.6 Å². The summed E-state index contributed by atoms with van der Waals surface area (Å²) in [5.41, 5.74) is 2.25. The third kappa shape index (κ3) is 4.32. The monoisotopic (exact) mass is 317 g/mol. The Morgan fingerprint density at radius 1 is 1.26 bits per heavy atom. The number of aryl methyl sites for hydroxylation is 1. The van der Waals surface area contributed by atoms with Crippen LogP contribution in [0.25, 0.3) is 0 Å². The molecule has 0 spiro atoms. The highest BCUT2D eigenvalue weighted by Gasteiger charge is 2.25. The lowest BCUT2D eigenvalue weighted by molar-refractivity contribution is -0.121. The molecule has 23 heavy (non-hydrogen) atoms. The van der Waals surface area contributed by atoms with E-state index in [0.717, 1.165) is 43.1 Å². The molecule has 2 amide bonds. The summed E-state index contributed by atoms with van der Waals surface area (Å²) in [4.78, 5) is 26.4. The number of amides is 2. The predicted octanol–water partition coefficient (Wildman–Crippen LogP) is 2.41. The maximum absolute atomic E-state index is 12.5. The molecule has 126 valence electrons. The summed E-state index contributed by atoms with van der Waals surface area (Å²) in [5, 5.41) is 5.59. The zero-order chi connectivity index (χ0) is 17.0. The first-order valence-electron chi connectivity index (χ1n) is 8.30. The van der Waals surface area contributed by atoms with Gasteiger partial charge in [0, 0.05) is 18.3 Å². The van der Waals surface area contributed by atoms with Gasteiger partial charge in [0.2, 0.25) is 5.91 Å². The predicted molar refractivity (Wildman–Crippen MR) is 92.6 cm³/mol. The number of anilines is 1. The van der Waals surface area contributed by atoms with E-state index in [1.807, 2.05) is 13.8 Å². The summed E-state index contributed by atoms with van der Waals surface area (Å²) in [5.74, 6) is 0.637. The average molecular weight is 317 g/mol. The summed E-state index contributed by atoms with van der Waals surface area (Å²) < 4.78 is 0. The molecule has 0 bridgehead atoms. The van der Waals surface area contributed by atoms with Gasteiger partial charge in [0.15, 0.2) is 0 Å². The minimum atomic E-state index is -0.138. The molecule has 1 aromatic rings. The van der Waals surface area contributed by atoms with E-state index >= 15 is 0 Å². The second-order valence-corrected chi connectivity index (χ2v) is 6.49. The summed E-state index contributed by atoms with van der Waals surface area (Å²) in [6.07, 6.45) is 2.30. The van der Waals surface area contributed by atoms with E-state index in [1.54, 1.807) is 25.2 Å². The zero-order valence-electron chi connectivity index (χ0n) is 14.5. The lowest BCUT2D eigenvalue weighted by Gasteiger charge is -2.34. The van der Waals surface area contributed by atoms with Gasteiger partial charge >= 0.3 is 0 Å². The molecule has 1 atom stereocenters. The van der Waals surface area contributed by atoms with E-state index in [-0.39, 0.29) is 17.9 Å². The number of likely N-dealkylation sites (tertiary alicyclic amines) is 1. The van der Waals surface area contributed by atoms with Crippen LogP contribution in [0, 0.1) is 12.8 Å². The Balaban J connectivity index is 2.01. The van der Waals surface area contributed by atoms with Crippen LogP contribution >= 0.6 is 0 Å². The molecule has 0 aromatic heterocycles. The molecule has 0 saturated carbocycles. The Kier molecular flexibility index (Phi) is 5.77. The topological polar surface area (TPSA) is 61.4 Å². The lowest BCUT2D eigenvalue weighted by Crippen LogP contribution is -2.45. The van der Waals surface area contributed by atoms with E-state index in [9.17, 15) is 9.59 Å². The Morgan fingerprint density at radius 3 is 2.48 bits per heavy atom. The number of nitrogens with zero attached hydrogens (tertiary/aromatic N) is 1. The normalized spacial score (nSPS) is 17.6. The number of hydrogen-bond donors (Lipinski definition) is 2. The van der Waals surface area contributed by atoms with Gasteiger partial charge in [0.1, 0.15) is 0 Å². The average Bonchev–Trinajstić information content (AvgIpc) is 2.55. The van der Waals surface area contributed by atoms with Gasteiger partial charge in [0.05, 0.1) is 6.04 Å². The molecule has 0 aliphatic carbocycles. The highest BCUT2D eigenvalue weighted by atomic mass is 16.2. The Labute approximate surface area is 138 Å². The largest absolute Gasteiger partial charge is 0.355 e. The molecule has 5 heteroatoms. The number of carbonyl (C=O) groups is 2. The van der Waals surface area contributed by atoms with Crippen LogP contribution in [-0.2, 0) is 4.79 Å². The van der Waals surface area contributed by atoms with Crippen molar-refractivity contribution in [2.75, 3.05) is 25.5 Å². The van der Waals surface area contributed by atoms with Crippen molar-refractivity contribution in [3.63, 3.8) is 0 Å². The second kappa shape index (κ2) is 7.59. The van der Waals surface area contributed by atoms with Crippen molar-refractivity contribution in [1.29, 1.82) is 0 Å². The molecule has 1 heterocycles. The first-order valence-corrected chi connectivity index (χ1v) is 8.30. The van der Waals surface area contributed by atoms with Crippen LogP contribution in [0.5, 0.6) is 0 Å². The van der Waals surface area contributed by atoms with Crippen LogP contribution in [0.15, 0.2) is 18.2 Å². The van der Waals surface area contributed by atoms with Gasteiger partial charge in [-0.3, -0.25) is 14.5 Å². The van der Waals surface area contributed by atoms with Crippen molar-refractivity contribution in [3.8, 4) is 0 Å². The summed E-state index contributed by atoms with van der Waals surface area (Å²) in [7, 11) is 1.61. The number of rotatable bonds is 4. The van der Waals surface area contributed by atoms with Crippen LogP contribution in [0.4, 0.5) is 5.69 Å². The SMILES string of the molecule is CNC(=O)c1ccc(NC(=O)C(C)N2CCC(C)CC2)c(C)c1. The van der Waals surface area contributed by atoms with Crippen molar-refractivity contribution >= 4 is 17.5 Å². The Hall–Kier alpha value is -1.88. The number of carbonyl (C=O) groups excluding carboxylic acids is 2. The lowest BCUT2D eigenvalue weighted by atomic mass is 9.98. The van der Waals surface area contributed by atoms with Crippen molar-refractivity contribution in [2.45, 2.75) is 39.7 Å². The van der Waals surface area contributed by atoms with E-state index in [2.05, 4.69) is 22.5 Å². The molecule has 1 aromatic carbocycles. The minimum Gasteiger partial charge on any atom is -0.355 e. The van der Waals surface area contributed by atoms with E-state index in [4.69, 9.17) is 0 Å². The van der Waals surface area contributed by atoms with Crippen molar-refractivity contribution < 1.29 is 9.59 Å². The van der Waals surface area contributed by atoms with E-state index in [0.29, 0.717) is 5.56 Å². The quantitative estimate of drug-likeness (QED) is 0.896. The molecule has 1 fully saturated rings. The standard InChI is InChI=1S/C18H27N3O2/c1-12-7-9-21(10-8-12)14(3)17(22)20-16-6-5-15(11-13(16)2)18(23)19-4/h5-6,11-12,14H,7-10H2,1-4H3,(H,19,23)(H,20,22). The van der Waals surface area contributed by atoms with Gasteiger partial charge in [0.25, 0.3) is 5.91 Å². The molecule has 5 nitrogen and oxygen atoms in total. The van der Waals surface area contributed by atoms with Gasteiger partial charge in [-0.05, 0) is 69.5 Å². The zero-order valence-corrected chi connectivity index (χ0v) is 14.5. The molecule has 1 aliphatic rings. The third-order valence-corrected chi connectivity index (χ3v) is 4.72. The fourth-order valence-electron chi connectivity index (χ4n) is 2.91. The molecule has 2 N–H and O–H groups in total. The molecule has 1 aliphatic heterocycles. The fourth-order valence-corrected chi connectivity index (χ4v) is 2.91. The van der Waals surface area contributed by atoms with Crippen LogP contribution in [0.3, 0.4) is 0 Å². The number of benzene rings is 1. The number of piperidine rings is 1. The van der Waals surface area contributed by atoms with Gasteiger partial charge in [-0.15, -0.1) is 0 Å². The summed E-state index contributed by atoms with van der Waals surface area (Å²) >= 11 is 0. The second-order valence-electron chi connectivity index (χ2n) is 6.49. The first-order chi connectivity index (χ1) is 10.9. The molecule has 1 unspecified atom stereocenters.